The Morgan fingerprint density at radius 3 is 3.10 bits per heavy atom. The Hall–Kier alpha value is -1.20. The van der Waals surface area contributed by atoms with E-state index in [9.17, 15) is 4.79 Å². The van der Waals surface area contributed by atoms with E-state index in [1.807, 2.05) is 36.9 Å². The lowest BCUT2D eigenvalue weighted by atomic mass is 10.2. The Morgan fingerprint density at radius 1 is 1.55 bits per heavy atom. The van der Waals surface area contributed by atoms with Gasteiger partial charge in [-0.25, -0.2) is 0 Å². The van der Waals surface area contributed by atoms with Crippen molar-refractivity contribution in [3.05, 3.63) is 23.8 Å². The molecule has 1 heterocycles. The number of carbonyl (C=O) groups excluding carboxylic acids is 1. The lowest BCUT2D eigenvalue weighted by Crippen LogP contribution is -2.46. The quantitative estimate of drug-likeness (QED) is 0.876. The molecule has 1 atom stereocenters. The molecular formula is C15H22N2O2S. The van der Waals surface area contributed by atoms with Gasteiger partial charge < -0.3 is 15.4 Å². The first-order chi connectivity index (χ1) is 9.70. The van der Waals surface area contributed by atoms with Crippen molar-refractivity contribution in [3.63, 3.8) is 0 Å². The zero-order valence-electron chi connectivity index (χ0n) is 12.1. The highest BCUT2D eigenvalue weighted by Gasteiger charge is 2.21. The highest BCUT2D eigenvalue weighted by Crippen LogP contribution is 2.26. The Bertz CT molecular complexity index is 459. The van der Waals surface area contributed by atoms with E-state index >= 15 is 0 Å². The first-order valence-electron chi connectivity index (χ1n) is 7.06. The van der Waals surface area contributed by atoms with Crippen molar-refractivity contribution in [1.29, 1.82) is 0 Å². The molecule has 20 heavy (non-hydrogen) atoms. The third kappa shape index (κ3) is 4.15. The average molecular weight is 294 g/mol. The number of rotatable bonds is 5. The van der Waals surface area contributed by atoms with Crippen LogP contribution in [0.2, 0.25) is 0 Å². The van der Waals surface area contributed by atoms with Crippen molar-refractivity contribution in [3.8, 4) is 5.75 Å². The summed E-state index contributed by atoms with van der Waals surface area (Å²) in [5.74, 6) is 2.66. The molecule has 1 fully saturated rings. The van der Waals surface area contributed by atoms with Crippen molar-refractivity contribution in [2.75, 3.05) is 30.0 Å². The normalized spacial score (nSPS) is 18.6. The topological polar surface area (TPSA) is 50.4 Å². The number of nitrogens with one attached hydrogen (secondary N) is 2. The van der Waals surface area contributed by atoms with Gasteiger partial charge in [0.25, 0.3) is 0 Å². The van der Waals surface area contributed by atoms with Crippen LogP contribution in [0.5, 0.6) is 5.75 Å². The van der Waals surface area contributed by atoms with Gasteiger partial charge in [-0.15, -0.1) is 0 Å². The van der Waals surface area contributed by atoms with Gasteiger partial charge in [0, 0.05) is 18.1 Å². The van der Waals surface area contributed by atoms with Crippen molar-refractivity contribution in [2.24, 2.45) is 0 Å². The summed E-state index contributed by atoms with van der Waals surface area (Å²) in [6, 6.07) is 5.74. The average Bonchev–Trinajstić information content (AvgIpc) is 2.48. The fourth-order valence-corrected chi connectivity index (χ4v) is 2.95. The molecular weight excluding hydrogens is 272 g/mol. The summed E-state index contributed by atoms with van der Waals surface area (Å²) in [6.45, 7) is 5.63. The smallest absolute Gasteiger partial charge is 0.242 e. The highest BCUT2D eigenvalue weighted by atomic mass is 32.2. The minimum absolute atomic E-state index is 0.0161. The summed E-state index contributed by atoms with van der Waals surface area (Å²) in [6.07, 6.45) is 0.947. The number of amides is 1. The molecule has 1 aromatic rings. The second-order valence-corrected chi connectivity index (χ2v) is 6.07. The van der Waals surface area contributed by atoms with Crippen LogP contribution in [-0.4, -0.2) is 36.6 Å². The summed E-state index contributed by atoms with van der Waals surface area (Å²) >= 11 is 1.81. The summed E-state index contributed by atoms with van der Waals surface area (Å²) in [4.78, 5) is 12.2. The Labute approximate surface area is 124 Å². The fraction of sp³-hybridized carbons (Fsp3) is 0.533. The molecule has 0 saturated carbocycles. The molecule has 2 rings (SSSR count). The summed E-state index contributed by atoms with van der Waals surface area (Å²) in [5.41, 5.74) is 1.88. The van der Waals surface area contributed by atoms with Gasteiger partial charge in [0.15, 0.2) is 0 Å². The molecule has 2 N–H and O–H groups in total. The van der Waals surface area contributed by atoms with Gasteiger partial charge in [-0.2, -0.15) is 11.8 Å². The van der Waals surface area contributed by atoms with E-state index < -0.39 is 0 Å². The highest BCUT2D eigenvalue weighted by molar-refractivity contribution is 7.99. The van der Waals surface area contributed by atoms with E-state index in [0.717, 1.165) is 41.5 Å². The monoisotopic (exact) mass is 294 g/mol. The molecule has 0 aliphatic carbocycles. The number of aryl methyl sites for hydroxylation is 1. The Balaban J connectivity index is 2.05. The molecule has 0 aromatic heterocycles. The van der Waals surface area contributed by atoms with Gasteiger partial charge in [-0.3, -0.25) is 4.79 Å². The maximum absolute atomic E-state index is 12.2. The van der Waals surface area contributed by atoms with Crippen LogP contribution in [0.3, 0.4) is 0 Å². The van der Waals surface area contributed by atoms with Crippen LogP contribution in [0.25, 0.3) is 0 Å². The fourth-order valence-electron chi connectivity index (χ4n) is 2.02. The Kier molecular flexibility index (Phi) is 5.73. The standard InChI is InChI=1S/C15H22N2O2S/c1-3-7-19-14-9-11(2)4-5-12(14)17-15(18)13-10-20-8-6-16-13/h4-5,9,13,16H,3,6-8,10H2,1-2H3,(H,17,18). The molecule has 1 aliphatic heterocycles. The molecule has 1 saturated heterocycles. The molecule has 0 radical (unpaired) electrons. The zero-order chi connectivity index (χ0) is 14.4. The van der Waals surface area contributed by atoms with Crippen LogP contribution >= 0.6 is 11.8 Å². The Morgan fingerprint density at radius 2 is 2.40 bits per heavy atom. The van der Waals surface area contributed by atoms with E-state index in [4.69, 9.17) is 4.74 Å². The number of ether oxygens (including phenoxy) is 1. The number of carbonyl (C=O) groups is 1. The van der Waals surface area contributed by atoms with Crippen molar-refractivity contribution >= 4 is 23.4 Å². The predicted molar refractivity (Wildman–Crippen MR) is 84.7 cm³/mol. The first-order valence-corrected chi connectivity index (χ1v) is 8.21. The lowest BCUT2D eigenvalue weighted by molar-refractivity contribution is -0.117. The molecule has 1 aliphatic rings. The van der Waals surface area contributed by atoms with Crippen LogP contribution in [-0.2, 0) is 4.79 Å². The lowest BCUT2D eigenvalue weighted by Gasteiger charge is -2.23. The maximum Gasteiger partial charge on any atom is 0.242 e. The SMILES string of the molecule is CCCOc1cc(C)ccc1NC(=O)C1CSCCN1. The largest absolute Gasteiger partial charge is 0.491 e. The second kappa shape index (κ2) is 7.55. The predicted octanol–water partition coefficient (Wildman–Crippen LogP) is 2.43. The van der Waals surface area contributed by atoms with Gasteiger partial charge in [0.2, 0.25) is 5.91 Å². The molecule has 0 bridgehead atoms. The molecule has 1 aromatic carbocycles. The van der Waals surface area contributed by atoms with Gasteiger partial charge in [-0.05, 0) is 31.0 Å². The molecule has 0 spiro atoms. The summed E-state index contributed by atoms with van der Waals surface area (Å²) in [5, 5.41) is 6.22. The minimum Gasteiger partial charge on any atom is -0.491 e. The van der Waals surface area contributed by atoms with Crippen molar-refractivity contribution in [1.82, 2.24) is 5.32 Å². The number of anilines is 1. The van der Waals surface area contributed by atoms with Gasteiger partial charge >= 0.3 is 0 Å². The van der Waals surface area contributed by atoms with Crippen LogP contribution in [0.4, 0.5) is 5.69 Å². The minimum atomic E-state index is -0.117. The van der Waals surface area contributed by atoms with Crippen LogP contribution in [0.1, 0.15) is 18.9 Å². The third-order valence-electron chi connectivity index (χ3n) is 3.09. The van der Waals surface area contributed by atoms with E-state index in [0.29, 0.717) is 6.61 Å². The van der Waals surface area contributed by atoms with Crippen molar-refractivity contribution in [2.45, 2.75) is 26.3 Å². The maximum atomic E-state index is 12.2. The molecule has 1 unspecified atom stereocenters. The number of hydrogen-bond acceptors (Lipinski definition) is 4. The van der Waals surface area contributed by atoms with Gasteiger partial charge in [0.1, 0.15) is 5.75 Å². The molecule has 1 amide bonds. The van der Waals surface area contributed by atoms with Crippen LogP contribution < -0.4 is 15.4 Å². The van der Waals surface area contributed by atoms with E-state index in [-0.39, 0.29) is 11.9 Å². The van der Waals surface area contributed by atoms with E-state index in [1.165, 1.54) is 0 Å². The third-order valence-corrected chi connectivity index (χ3v) is 4.16. The second-order valence-electron chi connectivity index (χ2n) is 4.92. The van der Waals surface area contributed by atoms with E-state index in [1.54, 1.807) is 0 Å². The molecule has 4 nitrogen and oxygen atoms in total. The van der Waals surface area contributed by atoms with Gasteiger partial charge in [-0.1, -0.05) is 13.0 Å². The molecule has 5 heteroatoms. The zero-order valence-corrected chi connectivity index (χ0v) is 12.9. The van der Waals surface area contributed by atoms with Crippen LogP contribution in [0.15, 0.2) is 18.2 Å². The van der Waals surface area contributed by atoms with Gasteiger partial charge in [0.05, 0.1) is 18.3 Å². The molecule has 110 valence electrons. The first kappa shape index (κ1) is 15.2. The summed E-state index contributed by atoms with van der Waals surface area (Å²) < 4.78 is 5.72. The van der Waals surface area contributed by atoms with Crippen molar-refractivity contribution < 1.29 is 9.53 Å². The summed E-state index contributed by atoms with van der Waals surface area (Å²) in [7, 11) is 0. The van der Waals surface area contributed by atoms with Crippen LogP contribution in [0, 0.1) is 6.92 Å². The number of thioether (sulfide) groups is 1. The number of hydrogen-bond donors (Lipinski definition) is 2. The number of benzene rings is 1. The van der Waals surface area contributed by atoms with E-state index in [2.05, 4.69) is 17.6 Å².